The molecule has 112 valence electrons. The summed E-state index contributed by atoms with van der Waals surface area (Å²) in [5.74, 6) is 2.22. The lowest BCUT2D eigenvalue weighted by molar-refractivity contribution is 0.395. The summed E-state index contributed by atoms with van der Waals surface area (Å²) >= 11 is 1.77. The fraction of sp³-hybridized carbons (Fsp3) is 0.467. The van der Waals surface area contributed by atoms with Gasteiger partial charge in [0.25, 0.3) is 0 Å². The van der Waals surface area contributed by atoms with Gasteiger partial charge in [-0.3, -0.25) is 5.10 Å². The number of aromatic nitrogens is 3. The Morgan fingerprint density at radius 1 is 1.19 bits per heavy atom. The van der Waals surface area contributed by atoms with Gasteiger partial charge in [0.15, 0.2) is 5.82 Å². The van der Waals surface area contributed by atoms with Gasteiger partial charge in [-0.15, -0.1) is 5.10 Å². The lowest BCUT2D eigenvalue weighted by atomic mass is 10.2. The molecule has 0 spiro atoms. The van der Waals surface area contributed by atoms with Crippen molar-refractivity contribution < 1.29 is 9.47 Å². The zero-order valence-electron chi connectivity index (χ0n) is 12.3. The highest BCUT2D eigenvalue weighted by atomic mass is 32.2. The van der Waals surface area contributed by atoms with Crippen molar-refractivity contribution in [1.82, 2.24) is 15.2 Å². The summed E-state index contributed by atoms with van der Waals surface area (Å²) in [5, 5.41) is 8.79. The summed E-state index contributed by atoms with van der Waals surface area (Å²) in [6, 6.07) is 5.67. The van der Waals surface area contributed by atoms with Crippen LogP contribution >= 0.6 is 11.8 Å². The van der Waals surface area contributed by atoms with E-state index in [9.17, 15) is 0 Å². The maximum Gasteiger partial charge on any atom is 0.209 e. The van der Waals surface area contributed by atoms with Gasteiger partial charge in [-0.2, -0.15) is 0 Å². The van der Waals surface area contributed by atoms with E-state index in [0.717, 1.165) is 28.0 Å². The average Bonchev–Trinajstić information content (AvgIpc) is 3.19. The molecule has 0 radical (unpaired) electrons. The molecule has 3 rings (SSSR count). The van der Waals surface area contributed by atoms with Crippen molar-refractivity contribution in [2.24, 2.45) is 0 Å². The molecular weight excluding hydrogens is 286 g/mol. The Kier molecular flexibility index (Phi) is 4.34. The third-order valence-corrected chi connectivity index (χ3v) is 4.90. The molecule has 2 aromatic rings. The molecule has 0 aliphatic heterocycles. The molecule has 5 nitrogen and oxygen atoms in total. The Hall–Kier alpha value is -1.69. The second-order valence-corrected chi connectivity index (χ2v) is 6.32. The van der Waals surface area contributed by atoms with Crippen molar-refractivity contribution >= 4 is 11.8 Å². The highest BCUT2D eigenvalue weighted by molar-refractivity contribution is 7.99. The normalized spacial score (nSPS) is 15.3. The van der Waals surface area contributed by atoms with E-state index in [1.54, 1.807) is 26.0 Å². The zero-order valence-corrected chi connectivity index (χ0v) is 13.1. The van der Waals surface area contributed by atoms with Gasteiger partial charge in [0.1, 0.15) is 11.5 Å². The van der Waals surface area contributed by atoms with Crippen LogP contribution < -0.4 is 9.47 Å². The summed E-state index contributed by atoms with van der Waals surface area (Å²) < 4.78 is 10.6. The number of aromatic amines is 1. The van der Waals surface area contributed by atoms with Crippen molar-refractivity contribution in [3.63, 3.8) is 0 Å². The van der Waals surface area contributed by atoms with Crippen LogP contribution in [0, 0.1) is 0 Å². The van der Waals surface area contributed by atoms with Crippen molar-refractivity contribution in [1.29, 1.82) is 0 Å². The minimum Gasteiger partial charge on any atom is -0.497 e. The number of hydrogen-bond donors (Lipinski definition) is 1. The van der Waals surface area contributed by atoms with Crippen LogP contribution in [0.3, 0.4) is 0 Å². The van der Waals surface area contributed by atoms with E-state index in [1.807, 2.05) is 18.2 Å². The molecule has 1 aliphatic rings. The SMILES string of the molecule is COc1ccc(-c2nc(SC3CCCC3)n[nH]2)c(OC)c1. The highest BCUT2D eigenvalue weighted by Crippen LogP contribution is 2.35. The van der Waals surface area contributed by atoms with E-state index < -0.39 is 0 Å². The molecule has 1 aliphatic carbocycles. The van der Waals surface area contributed by atoms with E-state index in [4.69, 9.17) is 9.47 Å². The van der Waals surface area contributed by atoms with Gasteiger partial charge in [0.05, 0.1) is 19.8 Å². The number of H-pyrrole nitrogens is 1. The molecule has 1 saturated carbocycles. The number of rotatable bonds is 5. The number of methoxy groups -OCH3 is 2. The highest BCUT2D eigenvalue weighted by Gasteiger charge is 2.19. The smallest absolute Gasteiger partial charge is 0.209 e. The molecule has 1 N–H and O–H groups in total. The molecule has 1 aromatic carbocycles. The summed E-state index contributed by atoms with van der Waals surface area (Å²) in [5.41, 5.74) is 0.893. The van der Waals surface area contributed by atoms with Gasteiger partial charge >= 0.3 is 0 Å². The third kappa shape index (κ3) is 3.15. The number of benzene rings is 1. The maximum atomic E-state index is 5.41. The second kappa shape index (κ2) is 6.39. The van der Waals surface area contributed by atoms with E-state index >= 15 is 0 Å². The Bertz CT molecular complexity index is 609. The third-order valence-electron chi connectivity index (χ3n) is 3.70. The van der Waals surface area contributed by atoms with Gasteiger partial charge in [-0.05, 0) is 25.0 Å². The number of nitrogens with zero attached hydrogens (tertiary/aromatic N) is 2. The van der Waals surface area contributed by atoms with E-state index in [1.165, 1.54) is 25.7 Å². The van der Waals surface area contributed by atoms with Crippen molar-refractivity contribution in [3.8, 4) is 22.9 Å². The maximum absolute atomic E-state index is 5.41. The van der Waals surface area contributed by atoms with Gasteiger partial charge in [0.2, 0.25) is 5.16 Å². The lowest BCUT2D eigenvalue weighted by Crippen LogP contribution is -1.94. The Labute approximate surface area is 128 Å². The summed E-state index contributed by atoms with van der Waals surface area (Å²) in [4.78, 5) is 4.58. The average molecular weight is 305 g/mol. The summed E-state index contributed by atoms with van der Waals surface area (Å²) in [6.07, 6.45) is 5.17. The van der Waals surface area contributed by atoms with Crippen molar-refractivity contribution in [2.45, 2.75) is 36.1 Å². The summed E-state index contributed by atoms with van der Waals surface area (Å²) in [7, 11) is 3.28. The van der Waals surface area contributed by atoms with Gasteiger partial charge in [0, 0.05) is 11.3 Å². The standard InChI is InChI=1S/C15H19N3O2S/c1-19-10-7-8-12(13(9-10)20-2)14-16-15(18-17-14)21-11-5-3-4-6-11/h7-9,11H,3-6H2,1-2H3,(H,16,17,18). The Morgan fingerprint density at radius 2 is 2.00 bits per heavy atom. The molecular formula is C15H19N3O2S. The van der Waals surface area contributed by atoms with Crippen LogP contribution in [0.25, 0.3) is 11.4 Å². The summed E-state index contributed by atoms with van der Waals surface area (Å²) in [6.45, 7) is 0. The minimum atomic E-state index is 0.659. The monoisotopic (exact) mass is 305 g/mol. The predicted octanol–water partition coefficient (Wildman–Crippen LogP) is 3.52. The van der Waals surface area contributed by atoms with Crippen LogP contribution in [-0.4, -0.2) is 34.7 Å². The number of thioether (sulfide) groups is 1. The van der Waals surface area contributed by atoms with E-state index in [0.29, 0.717) is 5.25 Å². The lowest BCUT2D eigenvalue weighted by Gasteiger charge is -2.08. The molecule has 0 amide bonds. The van der Waals surface area contributed by atoms with E-state index in [-0.39, 0.29) is 0 Å². The molecule has 1 aromatic heterocycles. The van der Waals surface area contributed by atoms with Gasteiger partial charge in [-0.25, -0.2) is 4.98 Å². The van der Waals surface area contributed by atoms with Gasteiger partial charge in [-0.1, -0.05) is 24.6 Å². The van der Waals surface area contributed by atoms with Gasteiger partial charge < -0.3 is 9.47 Å². The van der Waals surface area contributed by atoms with Crippen LogP contribution in [-0.2, 0) is 0 Å². The molecule has 0 saturated heterocycles. The zero-order chi connectivity index (χ0) is 14.7. The molecule has 6 heteroatoms. The van der Waals surface area contributed by atoms with Crippen molar-refractivity contribution in [2.75, 3.05) is 14.2 Å². The van der Waals surface area contributed by atoms with E-state index in [2.05, 4.69) is 15.2 Å². The van der Waals surface area contributed by atoms with Crippen LogP contribution in [0.5, 0.6) is 11.5 Å². The molecule has 0 atom stereocenters. The van der Waals surface area contributed by atoms with Crippen LogP contribution in [0.1, 0.15) is 25.7 Å². The fourth-order valence-corrected chi connectivity index (χ4v) is 3.68. The predicted molar refractivity (Wildman–Crippen MR) is 83.0 cm³/mol. The van der Waals surface area contributed by atoms with Crippen LogP contribution in [0.4, 0.5) is 0 Å². The molecule has 0 unspecified atom stereocenters. The van der Waals surface area contributed by atoms with Crippen LogP contribution in [0.15, 0.2) is 23.4 Å². The van der Waals surface area contributed by atoms with Crippen LogP contribution in [0.2, 0.25) is 0 Å². The molecule has 1 fully saturated rings. The largest absolute Gasteiger partial charge is 0.497 e. The fourth-order valence-electron chi connectivity index (χ4n) is 2.57. The first-order valence-electron chi connectivity index (χ1n) is 7.11. The number of hydrogen-bond acceptors (Lipinski definition) is 5. The first kappa shape index (κ1) is 14.3. The number of ether oxygens (including phenoxy) is 2. The topological polar surface area (TPSA) is 60.0 Å². The molecule has 1 heterocycles. The molecule has 0 bridgehead atoms. The Morgan fingerprint density at radius 3 is 2.71 bits per heavy atom. The quantitative estimate of drug-likeness (QED) is 0.915. The second-order valence-electron chi connectivity index (χ2n) is 5.06. The first-order chi connectivity index (χ1) is 10.3. The first-order valence-corrected chi connectivity index (χ1v) is 7.99. The Balaban J connectivity index is 1.81. The van der Waals surface area contributed by atoms with Crippen molar-refractivity contribution in [3.05, 3.63) is 18.2 Å². The molecule has 21 heavy (non-hydrogen) atoms. The number of nitrogens with one attached hydrogen (secondary N) is 1. The minimum absolute atomic E-state index is 0.659.